The van der Waals surface area contributed by atoms with Gasteiger partial charge in [-0.15, -0.1) is 10.2 Å². The summed E-state index contributed by atoms with van der Waals surface area (Å²) in [6, 6.07) is 6.17. The molecule has 0 bridgehead atoms. The molecule has 21 heavy (non-hydrogen) atoms. The van der Waals surface area contributed by atoms with Crippen LogP contribution in [0.25, 0.3) is 0 Å². The predicted molar refractivity (Wildman–Crippen MR) is 80.9 cm³/mol. The molecule has 0 unspecified atom stereocenters. The van der Waals surface area contributed by atoms with Crippen molar-refractivity contribution in [1.29, 1.82) is 0 Å². The molecule has 0 atom stereocenters. The minimum Gasteiger partial charge on any atom is -0.485 e. The van der Waals surface area contributed by atoms with Gasteiger partial charge in [-0.25, -0.2) is 0 Å². The quantitative estimate of drug-likeness (QED) is 0.912. The van der Waals surface area contributed by atoms with Crippen molar-refractivity contribution in [2.45, 2.75) is 46.4 Å². The molecule has 2 aromatic rings. The predicted octanol–water partition coefficient (Wildman–Crippen LogP) is 1.99. The highest BCUT2D eigenvalue weighted by atomic mass is 16.5. The van der Waals surface area contributed by atoms with Gasteiger partial charge in [-0.3, -0.25) is 0 Å². The van der Waals surface area contributed by atoms with Crippen molar-refractivity contribution < 1.29 is 4.74 Å². The summed E-state index contributed by atoms with van der Waals surface area (Å²) in [4.78, 5) is 1.43. The Morgan fingerprint density at radius 3 is 2.67 bits per heavy atom. The first-order valence-electron chi connectivity index (χ1n) is 7.04. The third kappa shape index (κ3) is 4.82. The van der Waals surface area contributed by atoms with Crippen LogP contribution in [0.4, 0.5) is 0 Å². The second kappa shape index (κ2) is 6.22. The molecule has 1 aromatic carbocycles. The number of aromatic nitrogens is 4. The molecule has 0 aliphatic carbocycles. The molecule has 0 amide bonds. The van der Waals surface area contributed by atoms with Crippen molar-refractivity contribution in [3.05, 3.63) is 35.2 Å². The van der Waals surface area contributed by atoms with E-state index < -0.39 is 0 Å². The largest absolute Gasteiger partial charge is 0.485 e. The summed E-state index contributed by atoms with van der Waals surface area (Å²) in [6.07, 6.45) is 0. The fraction of sp³-hybridized carbons (Fsp3) is 0.533. The molecule has 6 nitrogen and oxygen atoms in total. The number of hydrogen-bond acceptors (Lipinski definition) is 5. The molecule has 0 aliphatic heterocycles. The lowest BCUT2D eigenvalue weighted by atomic mass is 10.1. The first-order valence-corrected chi connectivity index (χ1v) is 7.04. The average molecular weight is 289 g/mol. The Morgan fingerprint density at radius 1 is 1.29 bits per heavy atom. The molecular weight excluding hydrogens is 266 g/mol. The lowest BCUT2D eigenvalue weighted by molar-refractivity contribution is 0.290. The molecule has 2 rings (SSSR count). The molecular formula is C15H23N5O. The van der Waals surface area contributed by atoms with Crippen LogP contribution in [0.1, 0.15) is 37.7 Å². The smallest absolute Gasteiger partial charge is 0.212 e. The van der Waals surface area contributed by atoms with E-state index in [1.807, 2.05) is 12.1 Å². The maximum atomic E-state index is 5.84. The highest BCUT2D eigenvalue weighted by molar-refractivity contribution is 5.37. The van der Waals surface area contributed by atoms with Gasteiger partial charge >= 0.3 is 0 Å². The van der Waals surface area contributed by atoms with Gasteiger partial charge in [0.05, 0.1) is 7.05 Å². The number of tetrazole rings is 1. The molecule has 0 aliphatic rings. The van der Waals surface area contributed by atoms with Crippen molar-refractivity contribution in [1.82, 2.24) is 25.5 Å². The molecule has 0 fully saturated rings. The van der Waals surface area contributed by atoms with Crippen molar-refractivity contribution in [2.75, 3.05) is 0 Å². The number of ether oxygens (including phenoxy) is 1. The van der Waals surface area contributed by atoms with Gasteiger partial charge in [0.1, 0.15) is 5.75 Å². The van der Waals surface area contributed by atoms with E-state index in [0.29, 0.717) is 12.4 Å². The van der Waals surface area contributed by atoms with Crippen molar-refractivity contribution in [2.24, 2.45) is 7.05 Å². The first kappa shape index (κ1) is 15.4. The minimum atomic E-state index is 0.0630. The third-order valence-corrected chi connectivity index (χ3v) is 2.93. The van der Waals surface area contributed by atoms with E-state index in [4.69, 9.17) is 4.74 Å². The lowest BCUT2D eigenvalue weighted by Gasteiger charge is -2.21. The van der Waals surface area contributed by atoms with Crippen molar-refractivity contribution in [3.63, 3.8) is 0 Å². The van der Waals surface area contributed by atoms with Crippen LogP contribution in [0.2, 0.25) is 0 Å². The summed E-state index contributed by atoms with van der Waals surface area (Å²) in [5.41, 5.74) is 2.41. The second-order valence-electron chi connectivity index (χ2n) is 6.20. The third-order valence-electron chi connectivity index (χ3n) is 2.93. The van der Waals surface area contributed by atoms with Crippen LogP contribution >= 0.6 is 0 Å². The monoisotopic (exact) mass is 289 g/mol. The Morgan fingerprint density at radius 2 is 2.05 bits per heavy atom. The van der Waals surface area contributed by atoms with E-state index in [9.17, 15) is 0 Å². The van der Waals surface area contributed by atoms with Gasteiger partial charge in [0.15, 0.2) is 6.61 Å². The highest BCUT2D eigenvalue weighted by Crippen LogP contribution is 2.21. The van der Waals surface area contributed by atoms with Gasteiger partial charge in [-0.1, -0.05) is 17.7 Å². The standard InChI is InChI=1S/C15H23N5O/c1-11-6-7-13(12(8-11)9-16-15(2,3)4)21-10-14-17-19-20(5)18-14/h6-8,16H,9-10H2,1-5H3. The Labute approximate surface area is 125 Å². The summed E-state index contributed by atoms with van der Waals surface area (Å²) in [5.74, 6) is 1.43. The van der Waals surface area contributed by atoms with E-state index in [0.717, 1.165) is 17.9 Å². The molecule has 114 valence electrons. The zero-order chi connectivity index (χ0) is 15.5. The van der Waals surface area contributed by atoms with Crippen LogP contribution in [-0.4, -0.2) is 25.7 Å². The van der Waals surface area contributed by atoms with E-state index in [1.54, 1.807) is 7.05 Å². The van der Waals surface area contributed by atoms with E-state index in [1.165, 1.54) is 10.4 Å². The molecule has 0 saturated heterocycles. The van der Waals surface area contributed by atoms with Crippen LogP contribution < -0.4 is 10.1 Å². The fourth-order valence-electron chi connectivity index (χ4n) is 1.87. The van der Waals surface area contributed by atoms with Gasteiger partial charge in [0.2, 0.25) is 5.82 Å². The Kier molecular flexibility index (Phi) is 4.57. The van der Waals surface area contributed by atoms with Gasteiger partial charge in [-0.05, 0) is 39.0 Å². The number of nitrogens with zero attached hydrogens (tertiary/aromatic N) is 4. The van der Waals surface area contributed by atoms with E-state index >= 15 is 0 Å². The van der Waals surface area contributed by atoms with Gasteiger partial charge < -0.3 is 10.1 Å². The van der Waals surface area contributed by atoms with Crippen molar-refractivity contribution >= 4 is 0 Å². The maximum absolute atomic E-state index is 5.84. The normalized spacial score (nSPS) is 11.7. The molecule has 1 heterocycles. The molecule has 0 radical (unpaired) electrons. The van der Waals surface area contributed by atoms with Crippen molar-refractivity contribution in [3.8, 4) is 5.75 Å². The topological polar surface area (TPSA) is 64.9 Å². The molecule has 0 spiro atoms. The van der Waals surface area contributed by atoms with Crippen LogP contribution in [0.3, 0.4) is 0 Å². The number of benzene rings is 1. The van der Waals surface area contributed by atoms with Crippen LogP contribution in [0.5, 0.6) is 5.75 Å². The summed E-state index contributed by atoms with van der Waals surface area (Å²) in [5, 5.41) is 15.3. The minimum absolute atomic E-state index is 0.0630. The van der Waals surface area contributed by atoms with Gasteiger partial charge in [-0.2, -0.15) is 4.80 Å². The number of rotatable bonds is 5. The average Bonchev–Trinajstić information content (AvgIpc) is 2.80. The molecule has 6 heteroatoms. The van der Waals surface area contributed by atoms with Crippen LogP contribution in [-0.2, 0) is 20.2 Å². The van der Waals surface area contributed by atoms with Crippen LogP contribution in [0, 0.1) is 6.92 Å². The molecule has 1 aromatic heterocycles. The summed E-state index contributed by atoms with van der Waals surface area (Å²) >= 11 is 0. The lowest BCUT2D eigenvalue weighted by Crippen LogP contribution is -2.35. The summed E-state index contributed by atoms with van der Waals surface area (Å²) in [6.45, 7) is 9.59. The zero-order valence-corrected chi connectivity index (χ0v) is 13.3. The fourth-order valence-corrected chi connectivity index (χ4v) is 1.87. The number of nitrogens with one attached hydrogen (secondary N) is 1. The summed E-state index contributed by atoms with van der Waals surface area (Å²) < 4.78 is 5.84. The van der Waals surface area contributed by atoms with E-state index in [2.05, 4.69) is 54.5 Å². The zero-order valence-electron chi connectivity index (χ0n) is 13.3. The Balaban J connectivity index is 2.07. The number of aryl methyl sites for hydroxylation is 2. The maximum Gasteiger partial charge on any atom is 0.212 e. The number of hydrogen-bond donors (Lipinski definition) is 1. The Bertz CT molecular complexity index is 600. The molecule has 1 N–H and O–H groups in total. The van der Waals surface area contributed by atoms with E-state index in [-0.39, 0.29) is 5.54 Å². The SMILES string of the molecule is Cc1ccc(OCc2nnn(C)n2)c(CNC(C)(C)C)c1. The highest BCUT2D eigenvalue weighted by Gasteiger charge is 2.12. The van der Waals surface area contributed by atoms with Gasteiger partial charge in [0.25, 0.3) is 0 Å². The summed E-state index contributed by atoms with van der Waals surface area (Å²) in [7, 11) is 1.74. The van der Waals surface area contributed by atoms with Crippen LogP contribution in [0.15, 0.2) is 18.2 Å². The molecule has 0 saturated carbocycles. The Hall–Kier alpha value is -1.95. The first-order chi connectivity index (χ1) is 9.83. The van der Waals surface area contributed by atoms with Gasteiger partial charge in [0, 0.05) is 17.6 Å². The second-order valence-corrected chi connectivity index (χ2v) is 6.20.